The summed E-state index contributed by atoms with van der Waals surface area (Å²) in [4.78, 5) is 11.5. The van der Waals surface area contributed by atoms with Gasteiger partial charge in [0, 0.05) is 12.2 Å². The maximum atomic E-state index is 11.5. The molecule has 5 N–H and O–H groups in total. The molecule has 0 bridgehead atoms. The molecule has 1 aliphatic rings. The van der Waals surface area contributed by atoms with Gasteiger partial charge in [0.15, 0.2) is 0 Å². The predicted molar refractivity (Wildman–Crippen MR) is 66.4 cm³/mol. The van der Waals surface area contributed by atoms with Gasteiger partial charge in [0.2, 0.25) is 0 Å². The third-order valence-electron chi connectivity index (χ3n) is 3.71. The van der Waals surface area contributed by atoms with E-state index in [1.54, 1.807) is 6.07 Å². The van der Waals surface area contributed by atoms with Gasteiger partial charge < -0.3 is 16.6 Å². The van der Waals surface area contributed by atoms with E-state index >= 15 is 0 Å². The van der Waals surface area contributed by atoms with Gasteiger partial charge in [-0.05, 0) is 36.8 Å². The lowest BCUT2D eigenvalue weighted by Crippen LogP contribution is -2.42. The summed E-state index contributed by atoms with van der Waals surface area (Å²) in [5, 5.41) is 9.47. The Balaban J connectivity index is 2.30. The zero-order valence-electron chi connectivity index (χ0n) is 9.73. The van der Waals surface area contributed by atoms with E-state index in [-0.39, 0.29) is 12.5 Å². The fraction of sp³-hybridized carbons (Fsp3) is 0.462. The molecule has 1 aromatic carbocycles. The molecular formula is C13H18N2O2. The van der Waals surface area contributed by atoms with Crippen molar-refractivity contribution in [1.29, 1.82) is 0 Å². The normalized spacial score (nSPS) is 18.6. The Hall–Kier alpha value is -1.55. The molecule has 1 aromatic rings. The van der Waals surface area contributed by atoms with E-state index in [4.69, 9.17) is 11.5 Å². The van der Waals surface area contributed by atoms with Gasteiger partial charge in [0.05, 0.1) is 5.41 Å². The molecule has 0 saturated heterocycles. The van der Waals surface area contributed by atoms with Crippen molar-refractivity contribution in [2.75, 3.05) is 12.3 Å². The highest BCUT2D eigenvalue weighted by Crippen LogP contribution is 2.47. The van der Waals surface area contributed by atoms with Crippen LogP contribution in [-0.2, 0) is 11.2 Å². The van der Waals surface area contributed by atoms with Crippen LogP contribution in [0.3, 0.4) is 0 Å². The van der Waals surface area contributed by atoms with Crippen LogP contribution in [0.4, 0.5) is 5.69 Å². The topological polar surface area (TPSA) is 89.3 Å². The fourth-order valence-electron chi connectivity index (χ4n) is 2.39. The van der Waals surface area contributed by atoms with Gasteiger partial charge in [-0.15, -0.1) is 0 Å². The summed E-state index contributed by atoms with van der Waals surface area (Å²) in [7, 11) is 0. The number of benzene rings is 1. The van der Waals surface area contributed by atoms with Gasteiger partial charge in [-0.2, -0.15) is 0 Å². The third kappa shape index (κ3) is 2.13. The first-order valence-electron chi connectivity index (χ1n) is 5.87. The summed E-state index contributed by atoms with van der Waals surface area (Å²) >= 11 is 0. The minimum atomic E-state index is -0.838. The summed E-state index contributed by atoms with van der Waals surface area (Å²) in [6.45, 7) is 0.168. The van der Waals surface area contributed by atoms with E-state index < -0.39 is 11.4 Å². The highest BCUT2D eigenvalue weighted by Gasteiger charge is 2.50. The molecule has 92 valence electrons. The van der Waals surface area contributed by atoms with Crippen molar-refractivity contribution in [3.05, 3.63) is 29.8 Å². The number of para-hydroxylation sites is 1. The lowest BCUT2D eigenvalue weighted by atomic mass is 9.77. The Kier molecular flexibility index (Phi) is 3.07. The SMILES string of the molecule is NCC(Cc1ccccc1N)(C(=O)O)C1CC1. The molecular weight excluding hydrogens is 216 g/mol. The molecule has 17 heavy (non-hydrogen) atoms. The lowest BCUT2D eigenvalue weighted by molar-refractivity contribution is -0.149. The van der Waals surface area contributed by atoms with E-state index in [9.17, 15) is 9.90 Å². The highest BCUT2D eigenvalue weighted by atomic mass is 16.4. The number of carboxylic acids is 1. The Morgan fingerprint density at radius 3 is 2.53 bits per heavy atom. The van der Waals surface area contributed by atoms with Crippen LogP contribution in [0.25, 0.3) is 0 Å². The second-order valence-corrected chi connectivity index (χ2v) is 4.82. The molecule has 4 nitrogen and oxygen atoms in total. The first-order chi connectivity index (χ1) is 8.10. The number of carbonyl (C=O) groups is 1. The molecule has 0 aliphatic heterocycles. The van der Waals surface area contributed by atoms with Gasteiger partial charge in [-0.25, -0.2) is 0 Å². The number of hydrogen-bond acceptors (Lipinski definition) is 3. The van der Waals surface area contributed by atoms with Crippen LogP contribution in [0, 0.1) is 11.3 Å². The van der Waals surface area contributed by atoms with Crippen molar-refractivity contribution in [2.45, 2.75) is 19.3 Å². The zero-order chi connectivity index (χ0) is 12.5. The second kappa shape index (κ2) is 4.37. The number of nitrogen functional groups attached to an aromatic ring is 1. The van der Waals surface area contributed by atoms with Crippen molar-refractivity contribution >= 4 is 11.7 Å². The number of nitrogens with two attached hydrogens (primary N) is 2. The van der Waals surface area contributed by atoms with Crippen LogP contribution in [0.15, 0.2) is 24.3 Å². The van der Waals surface area contributed by atoms with Crippen molar-refractivity contribution < 1.29 is 9.90 Å². The number of anilines is 1. The molecule has 0 spiro atoms. The molecule has 1 unspecified atom stereocenters. The molecule has 0 heterocycles. The maximum Gasteiger partial charge on any atom is 0.311 e. The van der Waals surface area contributed by atoms with Crippen LogP contribution in [0.2, 0.25) is 0 Å². The average Bonchev–Trinajstić information content (AvgIpc) is 3.12. The van der Waals surface area contributed by atoms with Gasteiger partial charge in [-0.1, -0.05) is 18.2 Å². The number of rotatable bonds is 5. The van der Waals surface area contributed by atoms with E-state index in [1.807, 2.05) is 18.2 Å². The molecule has 0 aromatic heterocycles. The lowest BCUT2D eigenvalue weighted by Gasteiger charge is -2.28. The largest absolute Gasteiger partial charge is 0.481 e. The minimum Gasteiger partial charge on any atom is -0.481 e. The van der Waals surface area contributed by atoms with Gasteiger partial charge in [0.25, 0.3) is 0 Å². The Morgan fingerprint density at radius 1 is 1.41 bits per heavy atom. The quantitative estimate of drug-likeness (QED) is 0.669. The van der Waals surface area contributed by atoms with Crippen molar-refractivity contribution in [3.63, 3.8) is 0 Å². The average molecular weight is 234 g/mol. The molecule has 1 aliphatic carbocycles. The zero-order valence-corrected chi connectivity index (χ0v) is 9.73. The fourth-order valence-corrected chi connectivity index (χ4v) is 2.39. The van der Waals surface area contributed by atoms with Crippen LogP contribution < -0.4 is 11.5 Å². The van der Waals surface area contributed by atoms with Gasteiger partial charge in [-0.3, -0.25) is 4.79 Å². The molecule has 2 rings (SSSR count). The summed E-state index contributed by atoms with van der Waals surface area (Å²) in [6.07, 6.45) is 2.34. The van der Waals surface area contributed by atoms with Crippen LogP contribution in [0.1, 0.15) is 18.4 Å². The van der Waals surface area contributed by atoms with Crippen LogP contribution in [0.5, 0.6) is 0 Å². The van der Waals surface area contributed by atoms with E-state index in [0.29, 0.717) is 12.1 Å². The minimum absolute atomic E-state index is 0.168. The maximum absolute atomic E-state index is 11.5. The first-order valence-corrected chi connectivity index (χ1v) is 5.87. The Bertz CT molecular complexity index is 429. The third-order valence-corrected chi connectivity index (χ3v) is 3.71. The summed E-state index contributed by atoms with van der Waals surface area (Å²) in [5.74, 6) is -0.602. The van der Waals surface area contributed by atoms with Crippen molar-refractivity contribution in [3.8, 4) is 0 Å². The number of carboxylic acid groups (broad SMARTS) is 1. The molecule has 0 radical (unpaired) electrons. The Labute approximate surface area is 101 Å². The Morgan fingerprint density at radius 2 is 2.06 bits per heavy atom. The van der Waals surface area contributed by atoms with Crippen molar-refractivity contribution in [2.24, 2.45) is 17.1 Å². The smallest absolute Gasteiger partial charge is 0.311 e. The molecule has 1 atom stereocenters. The second-order valence-electron chi connectivity index (χ2n) is 4.82. The van der Waals surface area contributed by atoms with E-state index in [1.165, 1.54) is 0 Å². The van der Waals surface area contributed by atoms with Crippen LogP contribution >= 0.6 is 0 Å². The highest BCUT2D eigenvalue weighted by molar-refractivity contribution is 5.77. The van der Waals surface area contributed by atoms with Gasteiger partial charge >= 0.3 is 5.97 Å². The molecule has 1 fully saturated rings. The standard InChI is InChI=1S/C13H18N2O2/c14-8-13(12(16)17,10-5-6-10)7-9-3-1-2-4-11(9)15/h1-4,10H,5-8,14-15H2,(H,16,17). The number of aliphatic carboxylic acids is 1. The number of hydrogen-bond donors (Lipinski definition) is 3. The summed E-state index contributed by atoms with van der Waals surface area (Å²) in [5.41, 5.74) is 12.3. The first kappa shape index (κ1) is 11.9. The van der Waals surface area contributed by atoms with Crippen LogP contribution in [-0.4, -0.2) is 17.6 Å². The molecule has 4 heteroatoms. The van der Waals surface area contributed by atoms with Gasteiger partial charge in [0.1, 0.15) is 0 Å². The van der Waals surface area contributed by atoms with E-state index in [2.05, 4.69) is 0 Å². The monoisotopic (exact) mass is 234 g/mol. The van der Waals surface area contributed by atoms with E-state index in [0.717, 1.165) is 18.4 Å². The molecule has 1 saturated carbocycles. The molecule has 0 amide bonds. The van der Waals surface area contributed by atoms with Crippen molar-refractivity contribution in [1.82, 2.24) is 0 Å². The predicted octanol–water partition coefficient (Wildman–Crippen LogP) is 1.25. The summed E-state index contributed by atoms with van der Waals surface area (Å²) in [6, 6.07) is 7.40. The summed E-state index contributed by atoms with van der Waals surface area (Å²) < 4.78 is 0.